The number of hydrogen-bond donors (Lipinski definition) is 1. The summed E-state index contributed by atoms with van der Waals surface area (Å²) in [7, 11) is 1.76. The SMILES string of the molecule is Cn1c(C(=O)O)cc2cc(-c3ccc(Cl)cc3)ccc21. The number of aryl methyl sites for hydroxylation is 1. The summed E-state index contributed by atoms with van der Waals surface area (Å²) in [6.45, 7) is 0. The molecule has 1 N–H and O–H groups in total. The van der Waals surface area contributed by atoms with E-state index in [-0.39, 0.29) is 5.69 Å². The number of halogens is 1. The smallest absolute Gasteiger partial charge is 0.352 e. The highest BCUT2D eigenvalue weighted by atomic mass is 35.5. The summed E-state index contributed by atoms with van der Waals surface area (Å²) in [5.41, 5.74) is 3.28. The molecule has 100 valence electrons. The summed E-state index contributed by atoms with van der Waals surface area (Å²) in [6, 6.07) is 15.2. The van der Waals surface area contributed by atoms with Crippen LogP contribution in [0.25, 0.3) is 22.0 Å². The van der Waals surface area contributed by atoms with Crippen LogP contribution in [0.3, 0.4) is 0 Å². The largest absolute Gasteiger partial charge is 0.477 e. The molecule has 0 fully saturated rings. The van der Waals surface area contributed by atoms with Gasteiger partial charge in [-0.1, -0.05) is 29.8 Å². The molecule has 0 atom stereocenters. The van der Waals surface area contributed by atoms with E-state index in [1.54, 1.807) is 17.7 Å². The van der Waals surface area contributed by atoms with Gasteiger partial charge in [0.25, 0.3) is 0 Å². The molecule has 0 spiro atoms. The van der Waals surface area contributed by atoms with Crippen LogP contribution in [0.2, 0.25) is 5.02 Å². The zero-order valence-corrected chi connectivity index (χ0v) is 11.6. The first-order valence-electron chi connectivity index (χ1n) is 6.15. The van der Waals surface area contributed by atoms with Crippen molar-refractivity contribution >= 4 is 28.5 Å². The van der Waals surface area contributed by atoms with Crippen molar-refractivity contribution in [3.63, 3.8) is 0 Å². The van der Waals surface area contributed by atoms with Crippen molar-refractivity contribution in [2.45, 2.75) is 0 Å². The van der Waals surface area contributed by atoms with Crippen LogP contribution in [0.1, 0.15) is 10.5 Å². The van der Waals surface area contributed by atoms with Crippen molar-refractivity contribution in [3.05, 3.63) is 59.2 Å². The quantitative estimate of drug-likeness (QED) is 0.767. The highest BCUT2D eigenvalue weighted by Crippen LogP contribution is 2.27. The van der Waals surface area contributed by atoms with Gasteiger partial charge in [0.05, 0.1) is 0 Å². The molecule has 0 saturated heterocycles. The molecule has 0 aliphatic carbocycles. The van der Waals surface area contributed by atoms with Crippen molar-refractivity contribution in [1.82, 2.24) is 4.57 Å². The Bertz CT molecular complexity index is 803. The maximum Gasteiger partial charge on any atom is 0.352 e. The lowest BCUT2D eigenvalue weighted by atomic mass is 10.0. The Labute approximate surface area is 121 Å². The van der Waals surface area contributed by atoms with E-state index in [4.69, 9.17) is 16.7 Å². The standard InChI is InChI=1S/C16H12ClNO2/c1-18-14-7-4-11(10-2-5-13(17)6-3-10)8-12(14)9-15(18)16(19)20/h2-9H,1H3,(H,19,20). The lowest BCUT2D eigenvalue weighted by Gasteiger charge is -2.03. The van der Waals surface area contributed by atoms with Gasteiger partial charge in [0.1, 0.15) is 5.69 Å². The van der Waals surface area contributed by atoms with Crippen LogP contribution < -0.4 is 0 Å². The van der Waals surface area contributed by atoms with Gasteiger partial charge in [-0.2, -0.15) is 0 Å². The van der Waals surface area contributed by atoms with Crippen LogP contribution in [0, 0.1) is 0 Å². The van der Waals surface area contributed by atoms with Crippen LogP contribution in [0.4, 0.5) is 0 Å². The Morgan fingerprint density at radius 3 is 2.35 bits per heavy atom. The van der Waals surface area contributed by atoms with E-state index in [2.05, 4.69) is 0 Å². The Hall–Kier alpha value is -2.26. The molecule has 1 aromatic heterocycles. The average molecular weight is 286 g/mol. The molecule has 0 aliphatic rings. The third-order valence-corrected chi connectivity index (χ3v) is 3.69. The second-order valence-corrected chi connectivity index (χ2v) is 5.11. The third-order valence-electron chi connectivity index (χ3n) is 3.44. The highest BCUT2D eigenvalue weighted by Gasteiger charge is 2.12. The molecule has 0 amide bonds. The second kappa shape index (κ2) is 4.69. The van der Waals surface area contributed by atoms with E-state index in [0.717, 1.165) is 22.0 Å². The van der Waals surface area contributed by atoms with Crippen LogP contribution >= 0.6 is 11.6 Å². The zero-order valence-electron chi connectivity index (χ0n) is 10.8. The van der Waals surface area contributed by atoms with Crippen LogP contribution in [0.15, 0.2) is 48.5 Å². The maximum absolute atomic E-state index is 11.1. The number of benzene rings is 2. The summed E-state index contributed by atoms with van der Waals surface area (Å²) < 4.78 is 1.68. The first-order valence-corrected chi connectivity index (χ1v) is 6.53. The van der Waals surface area contributed by atoms with Crippen LogP contribution in [-0.4, -0.2) is 15.6 Å². The van der Waals surface area contributed by atoms with E-state index in [0.29, 0.717) is 5.02 Å². The number of carboxylic acid groups (broad SMARTS) is 1. The fourth-order valence-corrected chi connectivity index (χ4v) is 2.50. The van der Waals surface area contributed by atoms with Crippen molar-refractivity contribution in [2.24, 2.45) is 7.05 Å². The maximum atomic E-state index is 11.1. The lowest BCUT2D eigenvalue weighted by Crippen LogP contribution is -2.03. The molecule has 2 aromatic carbocycles. The predicted octanol–water partition coefficient (Wildman–Crippen LogP) is 4.20. The van der Waals surface area contributed by atoms with Crippen LogP contribution in [0.5, 0.6) is 0 Å². The molecular weight excluding hydrogens is 274 g/mol. The summed E-state index contributed by atoms with van der Waals surface area (Å²) in [4.78, 5) is 11.1. The summed E-state index contributed by atoms with van der Waals surface area (Å²) >= 11 is 5.88. The number of nitrogens with zero attached hydrogens (tertiary/aromatic N) is 1. The lowest BCUT2D eigenvalue weighted by molar-refractivity contribution is 0.0687. The van der Waals surface area contributed by atoms with Gasteiger partial charge in [0.15, 0.2) is 0 Å². The predicted molar refractivity (Wildman–Crippen MR) is 80.3 cm³/mol. The molecule has 0 radical (unpaired) electrons. The van der Waals surface area contributed by atoms with Gasteiger partial charge in [0, 0.05) is 23.0 Å². The van der Waals surface area contributed by atoms with E-state index in [1.807, 2.05) is 42.5 Å². The summed E-state index contributed by atoms with van der Waals surface area (Å²) in [5.74, 6) is -0.920. The minimum absolute atomic E-state index is 0.285. The highest BCUT2D eigenvalue weighted by molar-refractivity contribution is 6.30. The number of aromatic carboxylic acids is 1. The van der Waals surface area contributed by atoms with E-state index < -0.39 is 5.97 Å². The van der Waals surface area contributed by atoms with E-state index in [1.165, 1.54) is 0 Å². The number of carboxylic acids is 1. The van der Waals surface area contributed by atoms with Crippen molar-refractivity contribution in [3.8, 4) is 11.1 Å². The third kappa shape index (κ3) is 2.06. The Balaban J connectivity index is 2.15. The Morgan fingerprint density at radius 2 is 1.70 bits per heavy atom. The number of rotatable bonds is 2. The van der Waals surface area contributed by atoms with E-state index in [9.17, 15) is 4.79 Å². The fourth-order valence-electron chi connectivity index (χ4n) is 2.38. The first-order chi connectivity index (χ1) is 9.56. The molecule has 0 unspecified atom stereocenters. The van der Waals surface area contributed by atoms with Crippen molar-refractivity contribution in [1.29, 1.82) is 0 Å². The number of fused-ring (bicyclic) bond motifs is 1. The molecule has 3 nitrogen and oxygen atoms in total. The first kappa shape index (κ1) is 12.8. The summed E-state index contributed by atoms with van der Waals surface area (Å²) in [5, 5.41) is 10.8. The average Bonchev–Trinajstić information content (AvgIpc) is 2.77. The van der Waals surface area contributed by atoms with Gasteiger partial charge >= 0.3 is 5.97 Å². The van der Waals surface area contributed by atoms with Crippen molar-refractivity contribution in [2.75, 3.05) is 0 Å². The van der Waals surface area contributed by atoms with Gasteiger partial charge in [-0.05, 0) is 41.5 Å². The molecule has 4 heteroatoms. The normalized spacial score (nSPS) is 10.9. The monoisotopic (exact) mass is 285 g/mol. The number of hydrogen-bond acceptors (Lipinski definition) is 1. The Morgan fingerprint density at radius 1 is 1.05 bits per heavy atom. The molecule has 3 aromatic rings. The second-order valence-electron chi connectivity index (χ2n) is 4.67. The van der Waals surface area contributed by atoms with Crippen molar-refractivity contribution < 1.29 is 9.90 Å². The number of aromatic nitrogens is 1. The molecular formula is C16H12ClNO2. The van der Waals surface area contributed by atoms with Gasteiger partial charge in [0.2, 0.25) is 0 Å². The van der Waals surface area contributed by atoms with Gasteiger partial charge < -0.3 is 9.67 Å². The topological polar surface area (TPSA) is 42.2 Å². The molecule has 0 saturated carbocycles. The molecule has 3 rings (SSSR count). The molecule has 0 aliphatic heterocycles. The van der Waals surface area contributed by atoms with Gasteiger partial charge in [-0.3, -0.25) is 0 Å². The molecule has 0 bridgehead atoms. The van der Waals surface area contributed by atoms with Gasteiger partial charge in [-0.25, -0.2) is 4.79 Å². The molecule has 1 heterocycles. The number of carbonyl (C=O) groups is 1. The molecule has 20 heavy (non-hydrogen) atoms. The Kier molecular flexibility index (Phi) is 2.99. The van der Waals surface area contributed by atoms with Crippen LogP contribution in [-0.2, 0) is 7.05 Å². The minimum Gasteiger partial charge on any atom is -0.477 e. The van der Waals surface area contributed by atoms with E-state index >= 15 is 0 Å². The minimum atomic E-state index is -0.920. The fraction of sp³-hybridized carbons (Fsp3) is 0.0625. The van der Waals surface area contributed by atoms with Gasteiger partial charge in [-0.15, -0.1) is 0 Å². The summed E-state index contributed by atoms with van der Waals surface area (Å²) in [6.07, 6.45) is 0. The zero-order chi connectivity index (χ0) is 14.3.